The van der Waals surface area contributed by atoms with Gasteiger partial charge in [-0.1, -0.05) is 17.7 Å². The molecule has 0 radical (unpaired) electrons. The number of fused-ring (bicyclic) bond motifs is 1. The van der Waals surface area contributed by atoms with Crippen molar-refractivity contribution in [1.29, 1.82) is 0 Å². The van der Waals surface area contributed by atoms with Crippen molar-refractivity contribution in [3.8, 4) is 11.3 Å². The van der Waals surface area contributed by atoms with E-state index in [1.54, 1.807) is 42.7 Å². The molecular weight excluding hydrogens is 462 g/mol. The van der Waals surface area contributed by atoms with E-state index in [4.69, 9.17) is 4.98 Å². The Balaban J connectivity index is 1.59. The number of carbonyl (C=O) groups excluding carboxylic acids is 2. The molecule has 4 aromatic rings. The molecule has 0 saturated heterocycles. The van der Waals surface area contributed by atoms with Crippen molar-refractivity contribution in [2.45, 2.75) is 20.8 Å². The number of benzene rings is 2. The molecule has 2 aromatic carbocycles. The molecule has 0 spiro atoms. The number of anilines is 1. The van der Waals surface area contributed by atoms with Crippen LogP contribution in [0.25, 0.3) is 22.2 Å². The first-order chi connectivity index (χ1) is 17.8. The van der Waals surface area contributed by atoms with E-state index in [-0.39, 0.29) is 11.8 Å². The summed E-state index contributed by atoms with van der Waals surface area (Å²) in [5.41, 5.74) is 7.02. The van der Waals surface area contributed by atoms with E-state index in [1.165, 1.54) is 0 Å². The Morgan fingerprint density at radius 1 is 1.00 bits per heavy atom. The third kappa shape index (κ3) is 5.83. The number of hydrogen-bond acceptors (Lipinski definition) is 5. The van der Waals surface area contributed by atoms with Gasteiger partial charge in [0.1, 0.15) is 0 Å². The van der Waals surface area contributed by atoms with Crippen LogP contribution in [-0.4, -0.2) is 47.3 Å². The second kappa shape index (κ2) is 11.0. The third-order valence-electron chi connectivity index (χ3n) is 6.19. The van der Waals surface area contributed by atoms with Crippen LogP contribution in [0, 0.1) is 13.8 Å². The molecule has 0 atom stereocenters. The zero-order valence-corrected chi connectivity index (χ0v) is 21.8. The van der Waals surface area contributed by atoms with Crippen LogP contribution in [0.2, 0.25) is 0 Å². The van der Waals surface area contributed by atoms with Crippen molar-refractivity contribution in [2.24, 2.45) is 0 Å². The van der Waals surface area contributed by atoms with E-state index in [0.29, 0.717) is 29.1 Å². The number of rotatable bonds is 7. The zero-order chi connectivity index (χ0) is 26.5. The lowest BCUT2D eigenvalue weighted by atomic mass is 9.99. The van der Waals surface area contributed by atoms with Crippen LogP contribution in [0.3, 0.4) is 0 Å². The summed E-state index contributed by atoms with van der Waals surface area (Å²) in [6.07, 6.45) is 5.41. The Labute approximate surface area is 217 Å². The number of nitrogens with one attached hydrogen (secondary N) is 2. The van der Waals surface area contributed by atoms with Gasteiger partial charge in [-0.3, -0.25) is 14.6 Å². The minimum Gasteiger partial charge on any atom is -0.380 e. The smallest absolute Gasteiger partial charge is 0.256 e. The molecule has 0 bridgehead atoms. The number of amides is 2. The summed E-state index contributed by atoms with van der Waals surface area (Å²) < 4.78 is 0. The van der Waals surface area contributed by atoms with Gasteiger partial charge in [0.05, 0.1) is 23.3 Å². The number of carbonyl (C=O) groups is 2. The Morgan fingerprint density at radius 2 is 1.76 bits per heavy atom. The molecule has 37 heavy (non-hydrogen) atoms. The van der Waals surface area contributed by atoms with Gasteiger partial charge in [0.15, 0.2) is 0 Å². The molecule has 7 heteroatoms. The topological polar surface area (TPSA) is 87.2 Å². The molecule has 2 N–H and O–H groups in total. The average molecular weight is 494 g/mol. The van der Waals surface area contributed by atoms with Crippen molar-refractivity contribution in [3.05, 3.63) is 101 Å². The SMILES string of the molecule is C/C=C(/CNC(=O)c1ccc(NC(=O)c2cc(-c3cccnc3)nc3c(C)cc(C)cc23)cc1)N(C)C. The highest BCUT2D eigenvalue weighted by molar-refractivity contribution is 6.13. The van der Waals surface area contributed by atoms with Gasteiger partial charge in [0.2, 0.25) is 0 Å². The molecule has 188 valence electrons. The molecule has 0 aliphatic rings. The predicted molar refractivity (Wildman–Crippen MR) is 149 cm³/mol. The Hall–Kier alpha value is -4.52. The number of nitrogens with zero attached hydrogens (tertiary/aromatic N) is 3. The molecule has 4 rings (SSSR count). The van der Waals surface area contributed by atoms with Crippen molar-refractivity contribution >= 4 is 28.4 Å². The molecule has 0 fully saturated rings. The quantitative estimate of drug-likeness (QED) is 0.362. The number of pyridine rings is 2. The number of aromatic nitrogens is 2. The minimum absolute atomic E-state index is 0.175. The maximum absolute atomic E-state index is 13.5. The van der Waals surface area contributed by atoms with Crippen LogP contribution in [0.5, 0.6) is 0 Å². The minimum atomic E-state index is -0.247. The largest absolute Gasteiger partial charge is 0.380 e. The maximum atomic E-state index is 13.5. The second-order valence-electron chi connectivity index (χ2n) is 9.16. The number of aryl methyl sites for hydroxylation is 2. The monoisotopic (exact) mass is 493 g/mol. The van der Waals surface area contributed by atoms with E-state index >= 15 is 0 Å². The Kier molecular flexibility index (Phi) is 7.63. The summed E-state index contributed by atoms with van der Waals surface area (Å²) in [5, 5.41) is 6.69. The van der Waals surface area contributed by atoms with Crippen LogP contribution >= 0.6 is 0 Å². The summed E-state index contributed by atoms with van der Waals surface area (Å²) in [6, 6.07) is 16.5. The van der Waals surface area contributed by atoms with Gasteiger partial charge in [-0.25, -0.2) is 4.98 Å². The van der Waals surface area contributed by atoms with E-state index in [1.807, 2.05) is 64.0 Å². The summed E-state index contributed by atoms with van der Waals surface area (Å²) >= 11 is 0. The Morgan fingerprint density at radius 3 is 2.41 bits per heavy atom. The zero-order valence-electron chi connectivity index (χ0n) is 21.8. The number of hydrogen-bond donors (Lipinski definition) is 2. The molecule has 0 unspecified atom stereocenters. The van der Waals surface area contributed by atoms with Gasteiger partial charge in [-0.05, 0) is 74.9 Å². The van der Waals surface area contributed by atoms with Crippen molar-refractivity contribution in [1.82, 2.24) is 20.2 Å². The second-order valence-corrected chi connectivity index (χ2v) is 9.16. The van der Waals surface area contributed by atoms with Gasteiger partial charge < -0.3 is 15.5 Å². The molecule has 0 saturated carbocycles. The maximum Gasteiger partial charge on any atom is 0.256 e. The van der Waals surface area contributed by atoms with Crippen LogP contribution in [0.4, 0.5) is 5.69 Å². The van der Waals surface area contributed by atoms with Gasteiger partial charge >= 0.3 is 0 Å². The summed E-state index contributed by atoms with van der Waals surface area (Å²) in [7, 11) is 3.88. The number of allylic oxidation sites excluding steroid dienone is 1. The van der Waals surface area contributed by atoms with Crippen molar-refractivity contribution in [2.75, 3.05) is 26.0 Å². The predicted octanol–water partition coefficient (Wildman–Crippen LogP) is 5.36. The fourth-order valence-corrected chi connectivity index (χ4v) is 4.23. The molecule has 0 aliphatic heterocycles. The lowest BCUT2D eigenvalue weighted by molar-refractivity contribution is 0.0954. The van der Waals surface area contributed by atoms with Crippen molar-refractivity contribution in [3.63, 3.8) is 0 Å². The first-order valence-corrected chi connectivity index (χ1v) is 12.1. The Bertz CT molecular complexity index is 1480. The van der Waals surface area contributed by atoms with Crippen LogP contribution in [0.1, 0.15) is 38.8 Å². The summed E-state index contributed by atoms with van der Waals surface area (Å²) in [6.45, 7) is 6.38. The fraction of sp³-hybridized carbons (Fsp3) is 0.200. The van der Waals surface area contributed by atoms with Gasteiger partial charge in [0, 0.05) is 54.4 Å². The van der Waals surface area contributed by atoms with Crippen LogP contribution in [-0.2, 0) is 0 Å². The van der Waals surface area contributed by atoms with Crippen LogP contribution < -0.4 is 10.6 Å². The van der Waals surface area contributed by atoms with Crippen molar-refractivity contribution < 1.29 is 9.59 Å². The molecular formula is C30H31N5O2. The van der Waals surface area contributed by atoms with Gasteiger partial charge in [-0.2, -0.15) is 0 Å². The third-order valence-corrected chi connectivity index (χ3v) is 6.19. The summed E-state index contributed by atoms with van der Waals surface area (Å²) in [4.78, 5) is 37.1. The molecule has 2 amide bonds. The first kappa shape index (κ1) is 25.6. The standard InChI is InChI=1S/C30H31N5O2/c1-6-24(35(4)5)18-32-29(36)21-9-11-23(12-10-21)33-30(37)26-16-27(22-8-7-13-31-17-22)34-28-20(3)14-19(2)15-25(26)28/h6-17H,18H2,1-5H3,(H,32,36)(H,33,37)/b24-6-. The van der Waals surface area contributed by atoms with E-state index < -0.39 is 0 Å². The van der Waals surface area contributed by atoms with Crippen LogP contribution in [0.15, 0.2) is 78.8 Å². The lowest BCUT2D eigenvalue weighted by Gasteiger charge is -2.17. The molecule has 7 nitrogen and oxygen atoms in total. The molecule has 2 aromatic heterocycles. The average Bonchev–Trinajstić information content (AvgIpc) is 2.89. The highest BCUT2D eigenvalue weighted by Crippen LogP contribution is 2.28. The molecule has 0 aliphatic carbocycles. The lowest BCUT2D eigenvalue weighted by Crippen LogP contribution is -2.29. The number of likely N-dealkylation sites (N-methyl/N-ethyl adjacent to an activating group) is 1. The van der Waals surface area contributed by atoms with E-state index in [9.17, 15) is 9.59 Å². The first-order valence-electron chi connectivity index (χ1n) is 12.1. The highest BCUT2D eigenvalue weighted by atomic mass is 16.2. The van der Waals surface area contributed by atoms with Gasteiger partial charge in [0.25, 0.3) is 11.8 Å². The highest BCUT2D eigenvalue weighted by Gasteiger charge is 2.17. The molecule has 2 heterocycles. The van der Waals surface area contributed by atoms with E-state index in [0.717, 1.165) is 33.3 Å². The fourth-order valence-electron chi connectivity index (χ4n) is 4.23. The normalized spacial score (nSPS) is 11.3. The van der Waals surface area contributed by atoms with Gasteiger partial charge in [-0.15, -0.1) is 0 Å². The summed E-state index contributed by atoms with van der Waals surface area (Å²) in [5.74, 6) is -0.422. The van der Waals surface area contributed by atoms with E-state index in [2.05, 4.69) is 21.7 Å².